The molecule has 1 aromatic carbocycles. The topological polar surface area (TPSA) is 47.7 Å². The molecule has 4 nitrogen and oxygen atoms in total. The number of fused-ring (bicyclic) bond motifs is 1. The summed E-state index contributed by atoms with van der Waals surface area (Å²) in [6.45, 7) is 2.94. The van der Waals surface area contributed by atoms with Gasteiger partial charge in [0.2, 0.25) is 0 Å². The van der Waals surface area contributed by atoms with E-state index in [0.29, 0.717) is 11.6 Å². The van der Waals surface area contributed by atoms with Crippen LogP contribution in [0.2, 0.25) is 0 Å². The van der Waals surface area contributed by atoms with Crippen LogP contribution in [-0.2, 0) is 13.0 Å². The zero-order valence-electron chi connectivity index (χ0n) is 10.4. The number of hydrogen-bond donors (Lipinski definition) is 2. The largest absolute Gasteiger partial charge is 0.595 e. The smallest absolute Gasteiger partial charge is 0.164 e. The minimum absolute atomic E-state index is 0. The molecule has 2 unspecified atom stereocenters. The summed E-state index contributed by atoms with van der Waals surface area (Å²) in [6.07, 6.45) is 0.934. The lowest BCUT2D eigenvalue weighted by molar-refractivity contribution is -0.991. The molecule has 1 aliphatic rings. The van der Waals surface area contributed by atoms with Crippen molar-refractivity contribution in [3.05, 3.63) is 34.5 Å². The Balaban J connectivity index is 0.00000162. The Morgan fingerprint density at radius 3 is 2.78 bits per heavy atom. The van der Waals surface area contributed by atoms with Gasteiger partial charge >= 0.3 is 0 Å². The summed E-state index contributed by atoms with van der Waals surface area (Å²) in [5, 5.41) is 19.0. The number of hydrogen-bond acceptors (Lipinski definition) is 2. The Kier molecular flexibility index (Phi) is 5.40. The third-order valence-corrected chi connectivity index (χ3v) is 3.72. The van der Waals surface area contributed by atoms with Gasteiger partial charge in [-0.2, -0.15) is 5.23 Å². The molecule has 0 saturated carbocycles. The van der Waals surface area contributed by atoms with Crippen molar-refractivity contribution in [2.75, 3.05) is 26.0 Å². The van der Waals surface area contributed by atoms with Crippen LogP contribution in [0.4, 0.5) is 5.69 Å². The Morgan fingerprint density at radius 2 is 2.17 bits per heavy atom. The average molecular weight is 294 g/mol. The number of nitrogens with zero attached hydrogens (tertiary/aromatic N) is 1. The molecule has 0 radical (unpaired) electrons. The van der Waals surface area contributed by atoms with Gasteiger partial charge in [-0.25, -0.2) is 5.21 Å². The van der Waals surface area contributed by atoms with E-state index in [0.717, 1.165) is 30.5 Å². The molecule has 0 aliphatic carbocycles. The maximum absolute atomic E-state index is 10.9. The van der Waals surface area contributed by atoms with Crippen molar-refractivity contribution in [1.82, 2.24) is 0 Å². The second-order valence-electron chi connectivity index (χ2n) is 4.95. The third kappa shape index (κ3) is 3.35. The molecule has 102 valence electrons. The predicted molar refractivity (Wildman–Crippen MR) is 73.5 cm³/mol. The standard InChI is InChI=1S/C12H18ClN2O2.ClH/c1-15(7-5-13)6-4-10-8-12(14(16)17)3-2-11(10)9-15;/h2-3,8,14,16H,4-7,9H2,1H3;1H/q+1;. The molecular formula is C12H19Cl2N2O2+. The number of nitrogens with one attached hydrogen (secondary N) is 1. The van der Waals surface area contributed by atoms with Gasteiger partial charge in [0.1, 0.15) is 6.54 Å². The Morgan fingerprint density at radius 1 is 1.44 bits per heavy atom. The summed E-state index contributed by atoms with van der Waals surface area (Å²) in [6, 6.07) is 5.45. The van der Waals surface area contributed by atoms with E-state index in [9.17, 15) is 5.21 Å². The van der Waals surface area contributed by atoms with Gasteiger partial charge in [-0.1, -0.05) is 0 Å². The maximum atomic E-state index is 10.9. The zero-order chi connectivity index (χ0) is 12.5. The van der Waals surface area contributed by atoms with Crippen LogP contribution >= 0.6 is 24.0 Å². The summed E-state index contributed by atoms with van der Waals surface area (Å²) >= 11 is 5.83. The third-order valence-electron chi connectivity index (χ3n) is 3.55. The quantitative estimate of drug-likeness (QED) is 0.501. The molecule has 0 aromatic heterocycles. The Labute approximate surface area is 118 Å². The molecule has 0 amide bonds. The van der Waals surface area contributed by atoms with Gasteiger partial charge in [0.05, 0.1) is 26.0 Å². The van der Waals surface area contributed by atoms with Gasteiger partial charge in [0, 0.05) is 24.1 Å². The van der Waals surface area contributed by atoms with Crippen molar-refractivity contribution < 1.29 is 14.9 Å². The van der Waals surface area contributed by atoms with E-state index in [1.165, 1.54) is 11.1 Å². The number of alkyl halides is 1. The van der Waals surface area contributed by atoms with Gasteiger partial charge in [-0.3, -0.25) is 0 Å². The van der Waals surface area contributed by atoms with Gasteiger partial charge in [0.15, 0.2) is 5.69 Å². The van der Waals surface area contributed by atoms with Gasteiger partial charge < -0.3 is 9.69 Å². The first-order valence-electron chi connectivity index (χ1n) is 5.79. The van der Waals surface area contributed by atoms with Crippen LogP contribution in [0.5, 0.6) is 0 Å². The van der Waals surface area contributed by atoms with Crippen molar-refractivity contribution >= 4 is 29.7 Å². The minimum atomic E-state index is -0.851. The van der Waals surface area contributed by atoms with Crippen molar-refractivity contribution in [2.24, 2.45) is 0 Å². The molecule has 1 heterocycles. The lowest BCUT2D eigenvalue weighted by Crippen LogP contribution is -2.99. The summed E-state index contributed by atoms with van der Waals surface area (Å²) in [5.74, 6) is 0.666. The van der Waals surface area contributed by atoms with E-state index in [1.807, 2.05) is 12.1 Å². The fraction of sp³-hybridized carbons (Fsp3) is 0.500. The van der Waals surface area contributed by atoms with Crippen LogP contribution in [-0.4, -0.2) is 35.7 Å². The lowest BCUT2D eigenvalue weighted by Gasteiger charge is -2.38. The molecule has 1 aromatic rings. The van der Waals surface area contributed by atoms with Crippen LogP contribution in [0.15, 0.2) is 18.2 Å². The number of halogens is 2. The van der Waals surface area contributed by atoms with Crippen molar-refractivity contribution in [3.63, 3.8) is 0 Å². The highest BCUT2D eigenvalue weighted by atomic mass is 35.5. The Bertz CT molecular complexity index is 415. The second kappa shape index (κ2) is 6.19. The van der Waals surface area contributed by atoms with E-state index in [2.05, 4.69) is 7.05 Å². The summed E-state index contributed by atoms with van der Waals surface area (Å²) < 4.78 is 0.947. The van der Waals surface area contributed by atoms with E-state index < -0.39 is 5.23 Å². The zero-order valence-corrected chi connectivity index (χ0v) is 11.9. The van der Waals surface area contributed by atoms with Crippen LogP contribution in [0, 0.1) is 5.21 Å². The molecule has 0 spiro atoms. The first-order valence-corrected chi connectivity index (χ1v) is 6.32. The van der Waals surface area contributed by atoms with Gasteiger partial charge in [-0.05, 0) is 11.6 Å². The van der Waals surface area contributed by atoms with Gasteiger partial charge in [-0.15, -0.1) is 24.0 Å². The number of quaternary nitrogens is 2. The number of likely N-dealkylation sites (N-methyl/N-ethyl adjacent to an activating group) is 1. The normalized spacial score (nSPS) is 24.0. The van der Waals surface area contributed by atoms with Crippen LogP contribution in [0.3, 0.4) is 0 Å². The average Bonchev–Trinajstić information content (AvgIpc) is 2.28. The van der Waals surface area contributed by atoms with Crippen molar-refractivity contribution in [2.45, 2.75) is 13.0 Å². The van der Waals surface area contributed by atoms with Crippen LogP contribution in [0.25, 0.3) is 0 Å². The molecule has 0 fully saturated rings. The predicted octanol–water partition coefficient (Wildman–Crippen LogP) is 1.25. The molecule has 2 atom stereocenters. The molecule has 18 heavy (non-hydrogen) atoms. The molecule has 1 aliphatic heterocycles. The van der Waals surface area contributed by atoms with Crippen molar-refractivity contribution in [1.29, 1.82) is 0 Å². The monoisotopic (exact) mass is 293 g/mol. The molecule has 2 rings (SSSR count). The van der Waals surface area contributed by atoms with E-state index in [-0.39, 0.29) is 12.4 Å². The maximum Gasteiger partial charge on any atom is 0.164 e. The molecule has 6 heteroatoms. The fourth-order valence-corrected chi connectivity index (χ4v) is 2.83. The summed E-state index contributed by atoms with van der Waals surface area (Å²) in [7, 11) is 2.20. The van der Waals surface area contributed by atoms with Crippen LogP contribution in [0.1, 0.15) is 11.1 Å². The molecule has 0 bridgehead atoms. The molecular weight excluding hydrogens is 275 g/mol. The van der Waals surface area contributed by atoms with Crippen molar-refractivity contribution in [3.8, 4) is 0 Å². The second-order valence-corrected chi connectivity index (χ2v) is 5.33. The van der Waals surface area contributed by atoms with Gasteiger partial charge in [0.25, 0.3) is 0 Å². The first kappa shape index (κ1) is 15.7. The highest BCUT2D eigenvalue weighted by Gasteiger charge is 2.28. The highest BCUT2D eigenvalue weighted by Crippen LogP contribution is 2.25. The number of benzene rings is 1. The van der Waals surface area contributed by atoms with E-state index in [4.69, 9.17) is 16.8 Å². The van der Waals surface area contributed by atoms with E-state index in [1.54, 1.807) is 6.07 Å². The SMILES string of the molecule is C[N+]1(CCCl)CCc2cc([NH+]([O-])O)ccc2C1.Cl. The molecule has 0 saturated heterocycles. The summed E-state index contributed by atoms with van der Waals surface area (Å²) in [4.78, 5) is 0. The number of rotatable bonds is 3. The molecule has 2 N–H and O–H groups in total. The fourth-order valence-electron chi connectivity index (χ4n) is 2.42. The summed E-state index contributed by atoms with van der Waals surface area (Å²) in [5.41, 5.74) is 2.82. The minimum Gasteiger partial charge on any atom is -0.595 e. The Hall–Kier alpha value is -0.360. The first-order chi connectivity index (χ1) is 8.04. The van der Waals surface area contributed by atoms with E-state index >= 15 is 0 Å². The lowest BCUT2D eigenvalue weighted by atomic mass is 9.97. The highest BCUT2D eigenvalue weighted by molar-refractivity contribution is 6.17. The van der Waals surface area contributed by atoms with Crippen LogP contribution < -0.4 is 5.23 Å².